The standard InChI is InChI=1S/C24H22BrN4O7PS/c1-35-19-10-4-15(5-11-19)22-14-21(28-29(22)18-8-12-20(13-9-18)38(26,33)34)23(30)27-24(36-37(31)32)16-2-6-17(25)7-3-16/h2-14,24,37H,1H3,(H,27,30)(H,31,32)(H2,26,33,34). The highest BCUT2D eigenvalue weighted by Gasteiger charge is 2.22. The number of aromatic nitrogens is 2. The molecule has 38 heavy (non-hydrogen) atoms. The maximum absolute atomic E-state index is 13.2. The summed E-state index contributed by atoms with van der Waals surface area (Å²) in [4.78, 5) is 22.5. The molecule has 0 spiro atoms. The summed E-state index contributed by atoms with van der Waals surface area (Å²) in [7, 11) is -5.76. The number of methoxy groups -OCH3 is 1. The van der Waals surface area contributed by atoms with Crippen molar-refractivity contribution in [2.45, 2.75) is 11.1 Å². The number of sulfonamides is 1. The first-order valence-corrected chi connectivity index (χ1v) is 14.5. The Bertz CT molecular complexity index is 1580. The van der Waals surface area contributed by atoms with E-state index in [1.165, 1.54) is 35.0 Å². The van der Waals surface area contributed by atoms with Crippen LogP contribution in [0.3, 0.4) is 0 Å². The molecule has 0 radical (unpaired) electrons. The number of halogens is 1. The zero-order chi connectivity index (χ0) is 27.4. The third kappa shape index (κ3) is 6.57. The molecule has 4 rings (SSSR count). The number of benzene rings is 3. The van der Waals surface area contributed by atoms with Gasteiger partial charge in [-0.1, -0.05) is 28.1 Å². The van der Waals surface area contributed by atoms with E-state index in [0.29, 0.717) is 28.3 Å². The van der Waals surface area contributed by atoms with Crippen molar-refractivity contribution in [3.8, 4) is 22.7 Å². The van der Waals surface area contributed by atoms with Gasteiger partial charge in [-0.25, -0.2) is 18.2 Å². The van der Waals surface area contributed by atoms with Gasteiger partial charge in [0.25, 0.3) is 5.91 Å². The first kappa shape index (κ1) is 27.7. The van der Waals surface area contributed by atoms with Gasteiger partial charge in [-0.05, 0) is 66.7 Å². The number of primary sulfonamides is 1. The van der Waals surface area contributed by atoms with E-state index in [1.807, 2.05) is 0 Å². The number of amides is 1. The Morgan fingerprint density at radius 3 is 2.26 bits per heavy atom. The predicted octanol–water partition coefficient (Wildman–Crippen LogP) is 3.79. The fourth-order valence-corrected chi connectivity index (χ4v) is 4.72. The third-order valence-electron chi connectivity index (χ3n) is 5.39. The molecule has 1 aromatic heterocycles. The maximum atomic E-state index is 13.2. The Labute approximate surface area is 227 Å². The highest BCUT2D eigenvalue weighted by atomic mass is 79.9. The van der Waals surface area contributed by atoms with Crippen molar-refractivity contribution in [2.75, 3.05) is 7.11 Å². The van der Waals surface area contributed by atoms with E-state index in [9.17, 15) is 22.7 Å². The highest BCUT2D eigenvalue weighted by Crippen LogP contribution is 2.30. The second-order valence-corrected chi connectivity index (χ2v) is 11.1. The highest BCUT2D eigenvalue weighted by molar-refractivity contribution is 9.10. The van der Waals surface area contributed by atoms with Crippen LogP contribution in [0.15, 0.2) is 88.2 Å². The fourth-order valence-electron chi connectivity index (χ4n) is 3.55. The van der Waals surface area contributed by atoms with Crippen LogP contribution in [0.1, 0.15) is 22.3 Å². The quantitative estimate of drug-likeness (QED) is 0.188. The van der Waals surface area contributed by atoms with Gasteiger partial charge in [0, 0.05) is 15.6 Å². The molecule has 4 N–H and O–H groups in total. The van der Waals surface area contributed by atoms with Crippen molar-refractivity contribution in [2.24, 2.45) is 5.14 Å². The molecule has 0 bridgehead atoms. The van der Waals surface area contributed by atoms with Gasteiger partial charge in [-0.15, -0.1) is 0 Å². The minimum absolute atomic E-state index is 0.0188. The molecule has 1 amide bonds. The lowest BCUT2D eigenvalue weighted by Gasteiger charge is -2.17. The SMILES string of the molecule is COc1ccc(-c2cc(C(=O)NC(O[PH](=O)O)c3ccc(Br)cc3)nn2-c2ccc(S(N)(=O)=O)cc2)cc1. The number of nitrogens with two attached hydrogens (primary N) is 1. The molecule has 0 fully saturated rings. The summed E-state index contributed by atoms with van der Waals surface area (Å²) < 4.78 is 47.4. The summed E-state index contributed by atoms with van der Waals surface area (Å²) in [6.07, 6.45) is -1.21. The minimum atomic E-state index is -3.90. The summed E-state index contributed by atoms with van der Waals surface area (Å²) in [5.41, 5.74) is 2.09. The number of nitrogens with one attached hydrogen (secondary N) is 1. The molecule has 0 aliphatic carbocycles. The van der Waals surface area contributed by atoms with Crippen LogP contribution < -0.4 is 15.2 Å². The zero-order valence-corrected chi connectivity index (χ0v) is 23.1. The molecule has 4 aromatic rings. The van der Waals surface area contributed by atoms with E-state index in [0.717, 1.165) is 4.47 Å². The van der Waals surface area contributed by atoms with Crippen molar-refractivity contribution >= 4 is 40.1 Å². The number of carbonyl (C=O) groups excluding carboxylic acids is 1. The fraction of sp³-hybridized carbons (Fsp3) is 0.0833. The zero-order valence-electron chi connectivity index (χ0n) is 19.7. The molecule has 2 atom stereocenters. The van der Waals surface area contributed by atoms with Crippen molar-refractivity contribution < 1.29 is 31.9 Å². The lowest BCUT2D eigenvalue weighted by molar-refractivity contribution is 0.0817. The molecular formula is C24H22BrN4O7PS. The largest absolute Gasteiger partial charge is 0.497 e. The van der Waals surface area contributed by atoms with E-state index in [-0.39, 0.29) is 10.6 Å². The van der Waals surface area contributed by atoms with Gasteiger partial charge in [-0.3, -0.25) is 13.9 Å². The number of ether oxygens (including phenoxy) is 1. The van der Waals surface area contributed by atoms with Crippen molar-refractivity contribution in [3.63, 3.8) is 0 Å². The van der Waals surface area contributed by atoms with Gasteiger partial charge in [0.1, 0.15) is 5.75 Å². The van der Waals surface area contributed by atoms with E-state index < -0.39 is 30.4 Å². The Morgan fingerprint density at radius 1 is 1.08 bits per heavy atom. The Balaban J connectivity index is 1.74. The van der Waals surface area contributed by atoms with Gasteiger partial charge >= 0.3 is 8.25 Å². The van der Waals surface area contributed by atoms with Crippen LogP contribution >= 0.6 is 24.2 Å². The number of hydrogen-bond acceptors (Lipinski definition) is 7. The second-order valence-electron chi connectivity index (χ2n) is 7.88. The van der Waals surface area contributed by atoms with Crippen LogP contribution in [-0.4, -0.2) is 36.1 Å². The van der Waals surface area contributed by atoms with E-state index in [1.54, 1.807) is 55.6 Å². The molecule has 0 aliphatic rings. The van der Waals surface area contributed by atoms with Crippen LogP contribution in [0.25, 0.3) is 16.9 Å². The van der Waals surface area contributed by atoms with Gasteiger partial charge in [0.15, 0.2) is 11.9 Å². The summed E-state index contributed by atoms with van der Waals surface area (Å²) >= 11 is 3.32. The summed E-state index contributed by atoms with van der Waals surface area (Å²) in [6, 6.07) is 20.9. The Morgan fingerprint density at radius 2 is 1.71 bits per heavy atom. The average molecular weight is 621 g/mol. The lowest BCUT2D eigenvalue weighted by atomic mass is 10.1. The molecule has 3 aromatic carbocycles. The summed E-state index contributed by atoms with van der Waals surface area (Å²) in [6.45, 7) is 0. The van der Waals surface area contributed by atoms with Crippen LogP contribution in [0, 0.1) is 0 Å². The first-order chi connectivity index (χ1) is 18.0. The molecule has 2 unspecified atom stereocenters. The molecule has 0 saturated carbocycles. The van der Waals surface area contributed by atoms with E-state index in [2.05, 4.69) is 26.3 Å². The van der Waals surface area contributed by atoms with Crippen molar-refractivity contribution in [1.82, 2.24) is 15.1 Å². The Hall–Kier alpha value is -3.32. The van der Waals surface area contributed by atoms with E-state index in [4.69, 9.17) is 14.4 Å². The number of rotatable bonds is 9. The smallest absolute Gasteiger partial charge is 0.318 e. The van der Waals surface area contributed by atoms with Gasteiger partial charge in [0.2, 0.25) is 10.0 Å². The molecule has 0 aliphatic heterocycles. The van der Waals surface area contributed by atoms with Crippen LogP contribution in [-0.2, 0) is 19.1 Å². The van der Waals surface area contributed by atoms with Crippen molar-refractivity contribution in [1.29, 1.82) is 0 Å². The number of hydrogen-bond donors (Lipinski definition) is 3. The van der Waals surface area contributed by atoms with Gasteiger partial charge in [0.05, 0.1) is 23.4 Å². The number of carbonyl (C=O) groups is 1. The minimum Gasteiger partial charge on any atom is -0.497 e. The number of nitrogens with zero attached hydrogens (tertiary/aromatic N) is 2. The summed E-state index contributed by atoms with van der Waals surface area (Å²) in [5.74, 6) is -0.0418. The molecule has 11 nitrogen and oxygen atoms in total. The van der Waals surface area contributed by atoms with Crippen LogP contribution in [0.5, 0.6) is 5.75 Å². The van der Waals surface area contributed by atoms with Gasteiger partial charge in [-0.2, -0.15) is 5.10 Å². The van der Waals surface area contributed by atoms with Crippen LogP contribution in [0.2, 0.25) is 0 Å². The molecular weight excluding hydrogens is 599 g/mol. The second kappa shape index (κ2) is 11.6. The maximum Gasteiger partial charge on any atom is 0.318 e. The molecule has 1 heterocycles. The van der Waals surface area contributed by atoms with E-state index >= 15 is 0 Å². The first-order valence-electron chi connectivity index (χ1n) is 10.9. The molecule has 14 heteroatoms. The van der Waals surface area contributed by atoms with Crippen molar-refractivity contribution in [3.05, 3.63) is 94.6 Å². The Kier molecular flexibility index (Phi) is 8.46. The van der Waals surface area contributed by atoms with Gasteiger partial charge < -0.3 is 14.9 Å². The topological polar surface area (TPSA) is 163 Å². The predicted molar refractivity (Wildman–Crippen MR) is 144 cm³/mol. The normalized spacial score (nSPS) is 13.1. The third-order valence-corrected chi connectivity index (χ3v) is 7.29. The van der Waals surface area contributed by atoms with Crippen LogP contribution in [0.4, 0.5) is 0 Å². The average Bonchev–Trinajstić information content (AvgIpc) is 3.34. The molecule has 198 valence electrons. The summed E-state index contributed by atoms with van der Waals surface area (Å²) in [5, 5.41) is 12.2. The lowest BCUT2D eigenvalue weighted by Crippen LogP contribution is -2.29. The monoisotopic (exact) mass is 620 g/mol. The molecule has 0 saturated heterocycles.